The summed E-state index contributed by atoms with van der Waals surface area (Å²) in [6.07, 6.45) is 0.468. The number of carbonyl (C=O) groups is 1. The van der Waals surface area contributed by atoms with E-state index in [2.05, 4.69) is 37.8 Å². The molecule has 1 N–H and O–H groups in total. The monoisotopic (exact) mass is 306 g/mol. The minimum atomic E-state index is 0.0712. The third-order valence-electron chi connectivity index (χ3n) is 3.82. The topological polar surface area (TPSA) is 43.8 Å². The van der Waals surface area contributed by atoms with Crippen LogP contribution in [0.2, 0.25) is 0 Å². The van der Waals surface area contributed by atoms with Gasteiger partial charge in [-0.3, -0.25) is 4.79 Å². The zero-order valence-corrected chi connectivity index (χ0v) is 13.6. The van der Waals surface area contributed by atoms with Crippen LogP contribution < -0.4 is 0 Å². The van der Waals surface area contributed by atoms with E-state index in [1.54, 1.807) is 0 Å². The molecule has 1 amide bonds. The average Bonchev–Trinajstić information content (AvgIpc) is 3.05. The van der Waals surface area contributed by atoms with Crippen LogP contribution in [0.25, 0.3) is 0 Å². The summed E-state index contributed by atoms with van der Waals surface area (Å²) in [7, 11) is 4.13. The van der Waals surface area contributed by atoms with Gasteiger partial charge in [0.25, 0.3) is 5.91 Å². The molecule has 1 saturated heterocycles. The van der Waals surface area contributed by atoms with Gasteiger partial charge in [0.05, 0.1) is 17.0 Å². The zero-order valence-electron chi connectivity index (χ0n) is 12.8. The third kappa shape index (κ3) is 3.85. The lowest BCUT2D eigenvalue weighted by Crippen LogP contribution is -2.35. The van der Waals surface area contributed by atoms with Crippen molar-refractivity contribution in [3.8, 4) is 11.8 Å². The van der Waals surface area contributed by atoms with Gasteiger partial charge < -0.3 is 14.9 Å². The van der Waals surface area contributed by atoms with Crippen molar-refractivity contribution in [3.05, 3.63) is 21.9 Å². The number of aliphatic hydroxyl groups is 1. The SMILES string of the molecule is CC1CN(C(=O)c2csc(C#CCCO)c2)CC1N(C)C. The Bertz CT molecular complexity index is 556. The zero-order chi connectivity index (χ0) is 15.4. The molecule has 0 aromatic carbocycles. The molecule has 21 heavy (non-hydrogen) atoms. The first-order valence-electron chi connectivity index (χ1n) is 7.17. The average molecular weight is 306 g/mol. The number of nitrogens with zero attached hydrogens (tertiary/aromatic N) is 2. The highest BCUT2D eigenvalue weighted by molar-refractivity contribution is 7.10. The molecule has 1 aliphatic heterocycles. The van der Waals surface area contributed by atoms with Gasteiger partial charge in [0, 0.05) is 30.9 Å². The van der Waals surface area contributed by atoms with Crippen LogP contribution in [-0.2, 0) is 0 Å². The minimum absolute atomic E-state index is 0.0712. The molecule has 2 unspecified atom stereocenters. The van der Waals surface area contributed by atoms with E-state index >= 15 is 0 Å². The molecule has 114 valence electrons. The number of carbonyl (C=O) groups excluding carboxylic acids is 1. The van der Waals surface area contributed by atoms with E-state index in [1.807, 2.05) is 16.3 Å². The van der Waals surface area contributed by atoms with Crippen molar-refractivity contribution >= 4 is 17.2 Å². The molecule has 2 heterocycles. The van der Waals surface area contributed by atoms with Gasteiger partial charge in [-0.15, -0.1) is 11.3 Å². The number of rotatable bonds is 3. The summed E-state index contributed by atoms with van der Waals surface area (Å²) < 4.78 is 0. The largest absolute Gasteiger partial charge is 0.395 e. The predicted octanol–water partition coefficient (Wildman–Crippen LogP) is 1.50. The Kier molecular flexibility index (Phi) is 5.40. The molecule has 0 aliphatic carbocycles. The molecule has 0 saturated carbocycles. The van der Waals surface area contributed by atoms with Crippen LogP contribution >= 0.6 is 11.3 Å². The highest BCUT2D eigenvalue weighted by Gasteiger charge is 2.34. The third-order valence-corrected chi connectivity index (χ3v) is 4.66. The Labute approximate surface area is 130 Å². The van der Waals surface area contributed by atoms with Gasteiger partial charge in [0.15, 0.2) is 0 Å². The summed E-state index contributed by atoms with van der Waals surface area (Å²) in [4.78, 5) is 17.5. The van der Waals surface area contributed by atoms with Crippen molar-refractivity contribution in [2.45, 2.75) is 19.4 Å². The van der Waals surface area contributed by atoms with Gasteiger partial charge in [-0.25, -0.2) is 0 Å². The van der Waals surface area contributed by atoms with Crippen molar-refractivity contribution in [2.75, 3.05) is 33.8 Å². The number of aliphatic hydroxyl groups excluding tert-OH is 1. The highest BCUT2D eigenvalue weighted by Crippen LogP contribution is 2.23. The first-order valence-corrected chi connectivity index (χ1v) is 8.05. The van der Waals surface area contributed by atoms with E-state index < -0.39 is 0 Å². The quantitative estimate of drug-likeness (QED) is 0.861. The summed E-state index contributed by atoms with van der Waals surface area (Å²) in [5.74, 6) is 6.44. The van der Waals surface area contributed by atoms with Crippen LogP contribution in [-0.4, -0.2) is 60.6 Å². The fourth-order valence-corrected chi connectivity index (χ4v) is 3.44. The van der Waals surface area contributed by atoms with E-state index in [-0.39, 0.29) is 12.5 Å². The number of hydrogen-bond donors (Lipinski definition) is 1. The summed E-state index contributed by atoms with van der Waals surface area (Å²) in [5.41, 5.74) is 0.722. The molecule has 4 nitrogen and oxygen atoms in total. The molecule has 1 aliphatic rings. The predicted molar refractivity (Wildman–Crippen MR) is 85.4 cm³/mol. The van der Waals surface area contributed by atoms with E-state index in [0.29, 0.717) is 18.4 Å². The minimum Gasteiger partial charge on any atom is -0.395 e. The van der Waals surface area contributed by atoms with Gasteiger partial charge in [-0.05, 0) is 26.1 Å². The second-order valence-corrected chi connectivity index (χ2v) is 6.60. The Morgan fingerprint density at radius 1 is 1.52 bits per heavy atom. The summed E-state index contributed by atoms with van der Waals surface area (Å²) in [5, 5.41) is 10.6. The molecule has 1 fully saturated rings. The lowest BCUT2D eigenvalue weighted by atomic mass is 10.1. The van der Waals surface area contributed by atoms with Crippen LogP contribution in [0.1, 0.15) is 28.6 Å². The second kappa shape index (κ2) is 7.08. The molecule has 0 bridgehead atoms. The first-order chi connectivity index (χ1) is 10.0. The fraction of sp³-hybridized carbons (Fsp3) is 0.562. The van der Waals surface area contributed by atoms with Gasteiger partial charge >= 0.3 is 0 Å². The van der Waals surface area contributed by atoms with Gasteiger partial charge in [0.1, 0.15) is 0 Å². The number of likely N-dealkylation sites (N-methyl/N-ethyl adjacent to an activating group) is 1. The molecule has 5 heteroatoms. The standard InChI is InChI=1S/C16H22N2O2S/c1-12-9-18(10-15(12)17(2)3)16(20)13-8-14(21-11-13)6-4-5-7-19/h8,11-12,15,19H,5,7,9-10H2,1-3H3. The summed E-state index contributed by atoms with van der Waals surface area (Å²) >= 11 is 1.48. The number of likely N-dealkylation sites (tertiary alicyclic amines) is 1. The molecule has 0 spiro atoms. The molecule has 1 aromatic rings. The number of hydrogen-bond acceptors (Lipinski definition) is 4. The normalized spacial score (nSPS) is 21.5. The van der Waals surface area contributed by atoms with Crippen LogP contribution in [0.15, 0.2) is 11.4 Å². The fourth-order valence-electron chi connectivity index (χ4n) is 2.69. The molecule has 2 rings (SSSR count). The van der Waals surface area contributed by atoms with Crippen molar-refractivity contribution in [1.82, 2.24) is 9.80 Å². The van der Waals surface area contributed by atoms with Crippen LogP contribution in [0.3, 0.4) is 0 Å². The molecule has 2 atom stereocenters. The van der Waals surface area contributed by atoms with Crippen LogP contribution in [0.5, 0.6) is 0 Å². The Morgan fingerprint density at radius 2 is 2.29 bits per heavy atom. The van der Waals surface area contributed by atoms with Crippen LogP contribution in [0.4, 0.5) is 0 Å². The smallest absolute Gasteiger partial charge is 0.254 e. The lowest BCUT2D eigenvalue weighted by molar-refractivity contribution is 0.0782. The van der Waals surface area contributed by atoms with Gasteiger partial charge in [-0.1, -0.05) is 18.8 Å². The molecular formula is C16H22N2O2S. The molecule has 0 radical (unpaired) electrons. The Balaban J connectivity index is 2.03. The maximum atomic E-state index is 12.5. The van der Waals surface area contributed by atoms with E-state index in [1.165, 1.54) is 11.3 Å². The lowest BCUT2D eigenvalue weighted by Gasteiger charge is -2.22. The van der Waals surface area contributed by atoms with Crippen molar-refractivity contribution in [2.24, 2.45) is 5.92 Å². The first kappa shape index (κ1) is 16.0. The van der Waals surface area contributed by atoms with Crippen molar-refractivity contribution in [1.29, 1.82) is 0 Å². The van der Waals surface area contributed by atoms with E-state index in [9.17, 15) is 4.79 Å². The number of thiophene rings is 1. The maximum Gasteiger partial charge on any atom is 0.254 e. The van der Waals surface area contributed by atoms with Crippen molar-refractivity contribution < 1.29 is 9.90 Å². The van der Waals surface area contributed by atoms with Crippen LogP contribution in [0, 0.1) is 17.8 Å². The molecular weight excluding hydrogens is 284 g/mol. The Morgan fingerprint density at radius 3 is 2.90 bits per heavy atom. The summed E-state index contributed by atoms with van der Waals surface area (Å²) in [6.45, 7) is 3.86. The van der Waals surface area contributed by atoms with Crippen molar-refractivity contribution in [3.63, 3.8) is 0 Å². The number of amides is 1. The second-order valence-electron chi connectivity index (χ2n) is 5.69. The maximum absolute atomic E-state index is 12.5. The van der Waals surface area contributed by atoms with Gasteiger partial charge in [0.2, 0.25) is 0 Å². The summed E-state index contributed by atoms with van der Waals surface area (Å²) in [6, 6.07) is 2.28. The van der Waals surface area contributed by atoms with Gasteiger partial charge in [-0.2, -0.15) is 0 Å². The Hall–Kier alpha value is -1.35. The van der Waals surface area contributed by atoms with E-state index in [4.69, 9.17) is 5.11 Å². The molecule has 1 aromatic heterocycles. The van der Waals surface area contributed by atoms with E-state index in [0.717, 1.165) is 23.5 Å². The highest BCUT2D eigenvalue weighted by atomic mass is 32.1.